The van der Waals surface area contributed by atoms with Crippen LogP contribution in [-0.2, 0) is 33.7 Å². The van der Waals surface area contributed by atoms with Crippen molar-refractivity contribution in [2.75, 3.05) is 0 Å². The second-order valence-electron chi connectivity index (χ2n) is 11.1. The molecular weight excluding hydrogens is 799 g/mol. The molecule has 0 heterocycles. The zero-order valence-corrected chi connectivity index (χ0v) is 32.9. The Hall–Kier alpha value is -2.78. The van der Waals surface area contributed by atoms with E-state index in [0.29, 0.717) is 10.8 Å². The summed E-state index contributed by atoms with van der Waals surface area (Å²) in [7, 11) is 11.0. The van der Waals surface area contributed by atoms with Crippen molar-refractivity contribution in [2.45, 2.75) is 53.6 Å². The van der Waals surface area contributed by atoms with Crippen LogP contribution in [0.5, 0.6) is 0 Å². The third-order valence-electron chi connectivity index (χ3n) is 7.94. The minimum absolute atomic E-state index is 0.157. The Labute approximate surface area is 307 Å². The van der Waals surface area contributed by atoms with E-state index in [2.05, 4.69) is 13.1 Å². The molecule has 2 radical (unpaired) electrons. The molecule has 0 aliphatic carbocycles. The molecule has 0 saturated heterocycles. The number of fused-ring (bicyclic) bond motifs is 2. The van der Waals surface area contributed by atoms with Crippen molar-refractivity contribution in [3.63, 3.8) is 0 Å². The molecular formula is C38H32Cl2F8SiZr. The van der Waals surface area contributed by atoms with Crippen molar-refractivity contribution in [1.29, 1.82) is 0 Å². The Morgan fingerprint density at radius 2 is 0.840 bits per heavy atom. The molecule has 0 saturated carbocycles. The van der Waals surface area contributed by atoms with E-state index < -0.39 is 89.6 Å². The minimum atomic E-state index is -1.36. The van der Waals surface area contributed by atoms with Crippen molar-refractivity contribution in [3.05, 3.63) is 129 Å². The molecule has 0 unspecified atom stereocenters. The third-order valence-corrected chi connectivity index (χ3v) is 7.94. The maximum atomic E-state index is 14.2. The molecule has 0 aliphatic rings. The predicted octanol–water partition coefficient (Wildman–Crippen LogP) is 13.5. The number of benzene rings is 4. The number of aryl methyl sites for hydroxylation is 2. The van der Waals surface area contributed by atoms with E-state index in [1.54, 1.807) is 36.4 Å². The molecule has 0 amide bonds. The van der Waals surface area contributed by atoms with Crippen molar-refractivity contribution >= 4 is 48.1 Å². The molecule has 50 heavy (non-hydrogen) atoms. The second kappa shape index (κ2) is 18.6. The van der Waals surface area contributed by atoms with Gasteiger partial charge in [-0.05, 0) is 26.7 Å². The van der Waals surface area contributed by atoms with Gasteiger partial charge >= 0.3 is 37.9 Å². The monoisotopic (exact) mass is 828 g/mol. The second-order valence-corrected chi connectivity index (χ2v) is 15.9. The number of rotatable bonds is 4. The summed E-state index contributed by atoms with van der Waals surface area (Å²) in [5.41, 5.74) is -0.299. The van der Waals surface area contributed by atoms with Crippen molar-refractivity contribution in [1.82, 2.24) is 0 Å². The Bertz CT molecular complexity index is 1900. The molecule has 0 nitrogen and oxygen atoms in total. The first-order valence-corrected chi connectivity index (χ1v) is 23.6. The average Bonchev–Trinajstić information content (AvgIpc) is 3.74. The zero-order valence-electron chi connectivity index (χ0n) is 28.0. The first-order chi connectivity index (χ1) is 23.7. The molecule has 0 bridgehead atoms. The predicted molar refractivity (Wildman–Crippen MR) is 187 cm³/mol. The van der Waals surface area contributed by atoms with Gasteiger partial charge in [0.2, 0.25) is 0 Å². The van der Waals surface area contributed by atoms with Crippen LogP contribution in [-0.4, -0.2) is 9.52 Å². The van der Waals surface area contributed by atoms with Crippen LogP contribution in [0.15, 0.2) is 60.7 Å². The number of halogens is 10. The molecule has 0 fully saturated rings. The summed E-state index contributed by atoms with van der Waals surface area (Å²) in [5.74, 6) is -10.8. The molecule has 262 valence electrons. The molecule has 0 N–H and O–H groups in total. The SMILES string of the molecule is CCc1cc2c(-c3c(F)c(F)c(C)c(F)c3F)cccc2[cH-]1.CCc1cc2c(-c3c(F)c(F)c(C)c(F)c3F)cccc2[cH-]1.C[Si]C.[Cl][Zr+2][Cl]. The van der Waals surface area contributed by atoms with Gasteiger partial charge in [0.25, 0.3) is 0 Å². The van der Waals surface area contributed by atoms with Gasteiger partial charge in [-0.1, -0.05) is 50.2 Å². The first-order valence-electron chi connectivity index (χ1n) is 15.3. The van der Waals surface area contributed by atoms with E-state index in [1.807, 2.05) is 26.0 Å². The molecule has 6 rings (SSSR count). The molecule has 0 spiro atoms. The van der Waals surface area contributed by atoms with Crippen molar-refractivity contribution in [3.8, 4) is 22.3 Å². The summed E-state index contributed by atoms with van der Waals surface area (Å²) < 4.78 is 112. The topological polar surface area (TPSA) is 0 Å². The normalized spacial score (nSPS) is 10.6. The Balaban J connectivity index is 0.000000234. The fraction of sp³-hybridized carbons (Fsp3) is 0.211. The van der Waals surface area contributed by atoms with Crippen LogP contribution >= 0.6 is 17.0 Å². The zero-order chi connectivity index (χ0) is 37.4. The summed E-state index contributed by atoms with van der Waals surface area (Å²) in [6.45, 7) is 10.2. The summed E-state index contributed by atoms with van der Waals surface area (Å²) in [5, 5.41) is 2.74. The van der Waals surface area contributed by atoms with Gasteiger partial charge in [-0.3, -0.25) is 0 Å². The van der Waals surface area contributed by atoms with Gasteiger partial charge in [-0.25, -0.2) is 35.1 Å². The molecule has 0 aliphatic heterocycles. The van der Waals surface area contributed by atoms with E-state index in [0.717, 1.165) is 58.1 Å². The summed E-state index contributed by atoms with van der Waals surface area (Å²) in [6.07, 6.45) is 1.52. The fourth-order valence-corrected chi connectivity index (χ4v) is 5.39. The molecule has 6 aromatic rings. The van der Waals surface area contributed by atoms with Crippen LogP contribution in [0.3, 0.4) is 0 Å². The third kappa shape index (κ3) is 8.63. The quantitative estimate of drug-likeness (QED) is 0.0719. The van der Waals surface area contributed by atoms with Crippen LogP contribution in [0.25, 0.3) is 43.8 Å². The van der Waals surface area contributed by atoms with Crippen LogP contribution in [0.4, 0.5) is 35.1 Å². The maximum absolute atomic E-state index is 14.2. The average molecular weight is 831 g/mol. The van der Waals surface area contributed by atoms with E-state index in [1.165, 1.54) is 12.1 Å². The Kier molecular flexibility index (Phi) is 15.5. The Morgan fingerprint density at radius 3 is 1.10 bits per heavy atom. The van der Waals surface area contributed by atoms with Gasteiger partial charge in [0.05, 0.1) is 0 Å². The van der Waals surface area contributed by atoms with Gasteiger partial charge in [0.15, 0.2) is 46.5 Å². The molecule has 6 aromatic carbocycles. The number of hydrogen-bond donors (Lipinski definition) is 0. The van der Waals surface area contributed by atoms with Crippen LogP contribution in [0.1, 0.15) is 36.1 Å². The van der Waals surface area contributed by atoms with E-state index in [4.69, 9.17) is 17.0 Å². The Morgan fingerprint density at radius 1 is 0.560 bits per heavy atom. The molecule has 12 heteroatoms. The summed E-state index contributed by atoms with van der Waals surface area (Å²) >= 11 is -0.826. The van der Waals surface area contributed by atoms with Crippen LogP contribution in [0, 0.1) is 60.4 Å². The summed E-state index contributed by atoms with van der Waals surface area (Å²) in [4.78, 5) is 0. The summed E-state index contributed by atoms with van der Waals surface area (Å²) in [6, 6.07) is 17.2. The van der Waals surface area contributed by atoms with Crippen LogP contribution < -0.4 is 0 Å². The molecule has 0 atom stereocenters. The van der Waals surface area contributed by atoms with Gasteiger partial charge in [-0.15, -0.1) is 69.1 Å². The standard InChI is InChI=1S/2C18H13F4.C2H6Si.2ClH.Zr/c2*1-3-10-7-11-5-4-6-12(13(11)8-10)14-17(21)15(19)9(2)16(20)18(14)22;1-3-2;;;/h2*4-8H,3H2,1-2H3;1-2H3;2*1H;/q2*-1;;;;+4/p-2. The molecule has 0 aromatic heterocycles. The van der Waals surface area contributed by atoms with Crippen LogP contribution in [0.2, 0.25) is 13.1 Å². The van der Waals surface area contributed by atoms with Crippen molar-refractivity contribution in [2.24, 2.45) is 0 Å². The van der Waals surface area contributed by atoms with E-state index in [-0.39, 0.29) is 11.1 Å². The van der Waals surface area contributed by atoms with Gasteiger partial charge < -0.3 is 0 Å². The fourth-order valence-electron chi connectivity index (χ4n) is 5.39. The van der Waals surface area contributed by atoms with Gasteiger partial charge in [-0.2, -0.15) is 12.1 Å². The number of hydrogen-bond acceptors (Lipinski definition) is 0. The first kappa shape index (κ1) is 41.6. The van der Waals surface area contributed by atoms with Gasteiger partial charge in [0, 0.05) is 31.8 Å². The van der Waals surface area contributed by atoms with E-state index >= 15 is 0 Å². The van der Waals surface area contributed by atoms with E-state index in [9.17, 15) is 35.1 Å². The van der Waals surface area contributed by atoms with Crippen molar-refractivity contribution < 1.29 is 56.0 Å². The van der Waals surface area contributed by atoms with Gasteiger partial charge in [0.1, 0.15) is 0 Å².